The highest BCUT2D eigenvalue weighted by Gasteiger charge is 2.25. The molecule has 7 heteroatoms. The number of fused-ring (bicyclic) bond motifs is 1. The summed E-state index contributed by atoms with van der Waals surface area (Å²) in [6, 6.07) is 16.2. The topological polar surface area (TPSA) is 64.7 Å². The molecule has 1 amide bonds. The lowest BCUT2D eigenvalue weighted by molar-refractivity contribution is 0.0944. The molecule has 6 nitrogen and oxygen atoms in total. The summed E-state index contributed by atoms with van der Waals surface area (Å²) in [5.41, 5.74) is 5.44. The van der Waals surface area contributed by atoms with Gasteiger partial charge in [-0.15, -0.1) is 0 Å². The SMILES string of the molecule is O=C(NCc1ccccc1Cn1cccn1)c1nn(-c2ccc(F)cc2)c2c1CCCC2. The molecule has 1 N–H and O–H groups in total. The minimum atomic E-state index is -0.290. The van der Waals surface area contributed by atoms with Crippen molar-refractivity contribution in [1.82, 2.24) is 24.9 Å². The zero-order valence-corrected chi connectivity index (χ0v) is 17.7. The van der Waals surface area contributed by atoms with Crippen LogP contribution in [-0.4, -0.2) is 25.5 Å². The fraction of sp³-hybridized carbons (Fsp3) is 0.240. The lowest BCUT2D eigenvalue weighted by Gasteiger charge is -2.14. The van der Waals surface area contributed by atoms with Crippen molar-refractivity contribution in [2.75, 3.05) is 0 Å². The number of benzene rings is 2. The van der Waals surface area contributed by atoms with Crippen LogP contribution in [0.5, 0.6) is 0 Å². The van der Waals surface area contributed by atoms with Crippen LogP contribution in [0.25, 0.3) is 5.69 Å². The third-order valence-corrected chi connectivity index (χ3v) is 5.92. The van der Waals surface area contributed by atoms with Crippen LogP contribution in [0.15, 0.2) is 67.0 Å². The molecule has 0 radical (unpaired) electrons. The van der Waals surface area contributed by atoms with Crippen LogP contribution >= 0.6 is 0 Å². The Hall–Kier alpha value is -3.74. The minimum absolute atomic E-state index is 0.182. The maximum atomic E-state index is 13.4. The fourth-order valence-electron chi connectivity index (χ4n) is 4.29. The molecule has 1 aliphatic carbocycles. The average Bonchev–Trinajstić information content (AvgIpc) is 3.47. The molecule has 1 aliphatic rings. The monoisotopic (exact) mass is 429 g/mol. The third-order valence-electron chi connectivity index (χ3n) is 5.92. The zero-order chi connectivity index (χ0) is 21.9. The van der Waals surface area contributed by atoms with E-state index in [-0.39, 0.29) is 11.7 Å². The van der Waals surface area contributed by atoms with Gasteiger partial charge in [-0.2, -0.15) is 10.2 Å². The van der Waals surface area contributed by atoms with Crippen molar-refractivity contribution >= 4 is 5.91 Å². The molecule has 0 aliphatic heterocycles. The van der Waals surface area contributed by atoms with E-state index in [1.165, 1.54) is 12.1 Å². The Morgan fingerprint density at radius 3 is 2.56 bits per heavy atom. The number of carbonyl (C=O) groups excluding carboxylic acids is 1. The van der Waals surface area contributed by atoms with Crippen molar-refractivity contribution in [1.29, 1.82) is 0 Å². The standard InChI is InChI=1S/C25H24FN5O/c26-20-10-12-21(13-11-20)31-23-9-4-3-8-22(23)24(29-31)25(32)27-16-18-6-1-2-7-19(18)17-30-15-5-14-28-30/h1-2,5-7,10-15H,3-4,8-9,16-17H2,(H,27,32). The van der Waals surface area contributed by atoms with Crippen molar-refractivity contribution < 1.29 is 9.18 Å². The van der Waals surface area contributed by atoms with E-state index in [2.05, 4.69) is 15.5 Å². The molecule has 32 heavy (non-hydrogen) atoms. The fourth-order valence-corrected chi connectivity index (χ4v) is 4.29. The van der Waals surface area contributed by atoms with Gasteiger partial charge < -0.3 is 5.32 Å². The van der Waals surface area contributed by atoms with Crippen LogP contribution in [0.2, 0.25) is 0 Å². The van der Waals surface area contributed by atoms with E-state index >= 15 is 0 Å². The second-order valence-electron chi connectivity index (χ2n) is 8.02. The van der Waals surface area contributed by atoms with Gasteiger partial charge in [-0.1, -0.05) is 24.3 Å². The van der Waals surface area contributed by atoms with E-state index in [1.54, 1.807) is 23.0 Å². The molecule has 0 saturated heterocycles. The van der Waals surface area contributed by atoms with E-state index in [4.69, 9.17) is 0 Å². The molecule has 0 fully saturated rings. The average molecular weight is 429 g/mol. The number of aromatic nitrogens is 4. The van der Waals surface area contributed by atoms with Crippen molar-refractivity contribution in [2.24, 2.45) is 0 Å². The van der Waals surface area contributed by atoms with E-state index in [1.807, 2.05) is 41.2 Å². The van der Waals surface area contributed by atoms with E-state index in [0.717, 1.165) is 53.8 Å². The maximum absolute atomic E-state index is 13.4. The Bertz CT molecular complexity index is 1230. The summed E-state index contributed by atoms with van der Waals surface area (Å²) < 4.78 is 17.1. The second-order valence-corrected chi connectivity index (χ2v) is 8.02. The number of nitrogens with one attached hydrogen (secondary N) is 1. The van der Waals surface area contributed by atoms with Crippen molar-refractivity contribution in [3.8, 4) is 5.69 Å². The van der Waals surface area contributed by atoms with Gasteiger partial charge in [0.2, 0.25) is 0 Å². The van der Waals surface area contributed by atoms with E-state index in [9.17, 15) is 9.18 Å². The Morgan fingerprint density at radius 2 is 1.78 bits per heavy atom. The van der Waals surface area contributed by atoms with Crippen LogP contribution in [0, 0.1) is 5.82 Å². The van der Waals surface area contributed by atoms with Gasteiger partial charge in [-0.3, -0.25) is 9.48 Å². The van der Waals surface area contributed by atoms with Gasteiger partial charge in [-0.25, -0.2) is 9.07 Å². The van der Waals surface area contributed by atoms with Crippen LogP contribution in [-0.2, 0) is 25.9 Å². The Balaban J connectivity index is 1.38. The largest absolute Gasteiger partial charge is 0.347 e. The summed E-state index contributed by atoms with van der Waals surface area (Å²) in [5, 5.41) is 12.0. The number of carbonyl (C=O) groups is 1. The molecule has 5 rings (SSSR count). The molecule has 0 bridgehead atoms. The van der Waals surface area contributed by atoms with E-state index in [0.29, 0.717) is 18.8 Å². The summed E-state index contributed by atoms with van der Waals surface area (Å²) in [5.74, 6) is -0.473. The first kappa shape index (κ1) is 20.2. The summed E-state index contributed by atoms with van der Waals surface area (Å²) in [7, 11) is 0. The smallest absolute Gasteiger partial charge is 0.272 e. The molecular formula is C25H24FN5O. The molecule has 0 unspecified atom stereocenters. The van der Waals surface area contributed by atoms with Gasteiger partial charge in [0.05, 0.1) is 12.2 Å². The Kier molecular flexibility index (Phi) is 5.54. The number of nitrogens with zero attached hydrogens (tertiary/aromatic N) is 4. The Morgan fingerprint density at radius 1 is 1.00 bits per heavy atom. The predicted octanol–water partition coefficient (Wildman–Crippen LogP) is 4.07. The second kappa shape index (κ2) is 8.78. The lowest BCUT2D eigenvalue weighted by Crippen LogP contribution is -2.25. The van der Waals surface area contributed by atoms with Crippen LogP contribution < -0.4 is 5.32 Å². The normalized spacial score (nSPS) is 13.0. The molecular weight excluding hydrogens is 405 g/mol. The first-order valence-corrected chi connectivity index (χ1v) is 10.9. The lowest BCUT2D eigenvalue weighted by atomic mass is 9.95. The highest BCUT2D eigenvalue weighted by Crippen LogP contribution is 2.27. The molecule has 2 heterocycles. The van der Waals surface area contributed by atoms with Gasteiger partial charge in [-0.05, 0) is 67.1 Å². The minimum Gasteiger partial charge on any atom is -0.347 e. The summed E-state index contributed by atoms with van der Waals surface area (Å²) >= 11 is 0. The van der Waals surface area contributed by atoms with Crippen molar-refractivity contribution in [3.63, 3.8) is 0 Å². The van der Waals surface area contributed by atoms with Gasteiger partial charge >= 0.3 is 0 Å². The summed E-state index contributed by atoms with van der Waals surface area (Å²) in [6.07, 6.45) is 7.46. The quantitative estimate of drug-likeness (QED) is 0.503. The first-order valence-electron chi connectivity index (χ1n) is 10.9. The van der Waals surface area contributed by atoms with Crippen molar-refractivity contribution in [3.05, 3.63) is 101 Å². The summed E-state index contributed by atoms with van der Waals surface area (Å²) in [4.78, 5) is 13.2. The van der Waals surface area contributed by atoms with Crippen LogP contribution in [0.1, 0.15) is 45.7 Å². The molecule has 4 aromatic rings. The van der Waals surface area contributed by atoms with Gasteiger partial charge in [0.1, 0.15) is 5.82 Å². The maximum Gasteiger partial charge on any atom is 0.272 e. The first-order chi connectivity index (χ1) is 15.7. The van der Waals surface area contributed by atoms with E-state index < -0.39 is 0 Å². The van der Waals surface area contributed by atoms with Gasteiger partial charge in [0, 0.05) is 30.2 Å². The highest BCUT2D eigenvalue weighted by molar-refractivity contribution is 5.94. The Labute approximate surface area is 185 Å². The highest BCUT2D eigenvalue weighted by atomic mass is 19.1. The van der Waals surface area contributed by atoms with Crippen molar-refractivity contribution in [2.45, 2.75) is 38.8 Å². The molecule has 0 spiro atoms. The number of hydrogen-bond donors (Lipinski definition) is 1. The number of rotatable bonds is 6. The number of hydrogen-bond acceptors (Lipinski definition) is 3. The van der Waals surface area contributed by atoms with Crippen LogP contribution in [0.4, 0.5) is 4.39 Å². The molecule has 162 valence electrons. The predicted molar refractivity (Wildman–Crippen MR) is 119 cm³/mol. The molecule has 2 aromatic carbocycles. The third kappa shape index (κ3) is 4.06. The van der Waals surface area contributed by atoms with Gasteiger partial charge in [0.25, 0.3) is 5.91 Å². The summed E-state index contributed by atoms with van der Waals surface area (Å²) in [6.45, 7) is 1.06. The number of amides is 1. The molecule has 2 aromatic heterocycles. The number of halogens is 1. The van der Waals surface area contributed by atoms with Gasteiger partial charge in [0.15, 0.2) is 5.69 Å². The zero-order valence-electron chi connectivity index (χ0n) is 17.7. The molecule has 0 atom stereocenters. The van der Waals surface area contributed by atoms with Crippen LogP contribution in [0.3, 0.4) is 0 Å². The molecule has 0 saturated carbocycles.